The summed E-state index contributed by atoms with van der Waals surface area (Å²) in [6.45, 7) is 0. The van der Waals surface area contributed by atoms with Crippen LogP contribution in [0.5, 0.6) is 0 Å². The molecule has 1 saturated carbocycles. The first-order valence-electron chi connectivity index (χ1n) is 19.4. The van der Waals surface area contributed by atoms with Gasteiger partial charge in [0.1, 0.15) is 11.2 Å². The van der Waals surface area contributed by atoms with Crippen LogP contribution in [0.15, 0.2) is 186 Å². The normalized spacial score (nSPS) is 13.5. The van der Waals surface area contributed by atoms with Crippen LogP contribution >= 0.6 is 0 Å². The fourth-order valence-electron chi connectivity index (χ4n) is 9.06. The zero-order valence-electron chi connectivity index (χ0n) is 30.3. The fraction of sp³-hybridized carbons (Fsp3) is 0.115. The van der Waals surface area contributed by atoms with Crippen LogP contribution in [-0.2, 0) is 0 Å². The Morgan fingerprint density at radius 2 is 0.907 bits per heavy atom. The van der Waals surface area contributed by atoms with Gasteiger partial charge < -0.3 is 9.32 Å². The fourth-order valence-corrected chi connectivity index (χ4v) is 9.06. The number of hydrogen-bond acceptors (Lipinski definition) is 2. The molecule has 2 heteroatoms. The van der Waals surface area contributed by atoms with Crippen molar-refractivity contribution in [3.05, 3.63) is 188 Å². The average molecular weight is 696 g/mol. The summed E-state index contributed by atoms with van der Waals surface area (Å²) in [5.41, 5.74) is 13.8. The third-order valence-electron chi connectivity index (χ3n) is 11.5. The van der Waals surface area contributed by atoms with E-state index in [1.54, 1.807) is 0 Å². The molecule has 8 aromatic carbocycles. The molecule has 0 aliphatic heterocycles. The van der Waals surface area contributed by atoms with Crippen molar-refractivity contribution in [3.8, 4) is 33.4 Å². The van der Waals surface area contributed by atoms with Gasteiger partial charge in [0.2, 0.25) is 0 Å². The third-order valence-corrected chi connectivity index (χ3v) is 11.5. The number of para-hydroxylation sites is 4. The lowest BCUT2D eigenvalue weighted by molar-refractivity contribution is 0.445. The van der Waals surface area contributed by atoms with E-state index < -0.39 is 0 Å². The third kappa shape index (κ3) is 5.58. The van der Waals surface area contributed by atoms with E-state index in [-0.39, 0.29) is 0 Å². The number of nitrogens with zero attached hydrogens (tertiary/aromatic N) is 1. The van der Waals surface area contributed by atoms with Crippen molar-refractivity contribution in [1.82, 2.24) is 0 Å². The summed E-state index contributed by atoms with van der Waals surface area (Å²) in [4.78, 5) is 2.51. The first-order chi connectivity index (χ1) is 26.8. The first kappa shape index (κ1) is 32.3. The molecule has 10 rings (SSSR count). The molecule has 9 aromatic rings. The molecular weight excluding hydrogens is 655 g/mol. The van der Waals surface area contributed by atoms with E-state index in [2.05, 4.69) is 181 Å². The summed E-state index contributed by atoms with van der Waals surface area (Å²) in [6, 6.07) is 66.2. The Bertz CT molecular complexity index is 2760. The Balaban J connectivity index is 1.27. The molecule has 1 aromatic heterocycles. The number of benzene rings is 8. The molecule has 1 heterocycles. The van der Waals surface area contributed by atoms with Gasteiger partial charge in [0.25, 0.3) is 0 Å². The molecule has 1 fully saturated rings. The smallest absolute Gasteiger partial charge is 0.136 e. The zero-order valence-corrected chi connectivity index (χ0v) is 30.3. The van der Waals surface area contributed by atoms with E-state index in [1.165, 1.54) is 70.7 Å². The SMILES string of the molecule is c1ccc(-c2ccccc2N(c2ccccc2-c2cccc3cccc(C4CCCCC4)c23)c2ccccc2-c2cccc3oc4ccccc4c23)cc1. The van der Waals surface area contributed by atoms with Crippen LogP contribution in [-0.4, -0.2) is 0 Å². The van der Waals surface area contributed by atoms with Gasteiger partial charge in [0, 0.05) is 27.5 Å². The number of anilines is 3. The average Bonchev–Trinajstić information content (AvgIpc) is 3.64. The zero-order chi connectivity index (χ0) is 35.8. The second kappa shape index (κ2) is 13.9. The van der Waals surface area contributed by atoms with Crippen LogP contribution in [0.25, 0.3) is 66.1 Å². The van der Waals surface area contributed by atoms with Crippen molar-refractivity contribution in [2.24, 2.45) is 0 Å². The molecule has 0 radical (unpaired) electrons. The minimum absolute atomic E-state index is 0.580. The van der Waals surface area contributed by atoms with Crippen molar-refractivity contribution in [3.63, 3.8) is 0 Å². The van der Waals surface area contributed by atoms with Gasteiger partial charge in [-0.2, -0.15) is 0 Å². The van der Waals surface area contributed by atoms with Crippen molar-refractivity contribution >= 4 is 49.8 Å². The van der Waals surface area contributed by atoms with Crippen LogP contribution in [0.1, 0.15) is 43.6 Å². The number of rotatable bonds is 7. The Kier molecular flexibility index (Phi) is 8.30. The van der Waals surface area contributed by atoms with Crippen LogP contribution < -0.4 is 4.90 Å². The van der Waals surface area contributed by atoms with Crippen LogP contribution in [0.4, 0.5) is 17.1 Å². The first-order valence-corrected chi connectivity index (χ1v) is 19.4. The summed E-state index contributed by atoms with van der Waals surface area (Å²) >= 11 is 0. The Labute approximate surface area is 316 Å². The summed E-state index contributed by atoms with van der Waals surface area (Å²) in [5.74, 6) is 0.580. The molecule has 0 saturated heterocycles. The quantitative estimate of drug-likeness (QED) is 0.165. The molecule has 54 heavy (non-hydrogen) atoms. The van der Waals surface area contributed by atoms with E-state index in [0.717, 1.165) is 50.1 Å². The number of hydrogen-bond donors (Lipinski definition) is 0. The maximum atomic E-state index is 6.43. The van der Waals surface area contributed by atoms with E-state index in [4.69, 9.17) is 4.42 Å². The highest BCUT2D eigenvalue weighted by atomic mass is 16.3. The van der Waals surface area contributed by atoms with Crippen molar-refractivity contribution in [2.45, 2.75) is 38.0 Å². The molecule has 0 N–H and O–H groups in total. The van der Waals surface area contributed by atoms with Crippen molar-refractivity contribution in [1.29, 1.82) is 0 Å². The molecule has 260 valence electrons. The largest absolute Gasteiger partial charge is 0.456 e. The monoisotopic (exact) mass is 695 g/mol. The van der Waals surface area contributed by atoms with Gasteiger partial charge >= 0.3 is 0 Å². The molecule has 0 atom stereocenters. The lowest BCUT2D eigenvalue weighted by Crippen LogP contribution is -2.14. The van der Waals surface area contributed by atoms with E-state index in [9.17, 15) is 0 Å². The molecule has 0 amide bonds. The van der Waals surface area contributed by atoms with Gasteiger partial charge in [-0.1, -0.05) is 171 Å². The molecule has 1 aliphatic rings. The maximum Gasteiger partial charge on any atom is 0.136 e. The Hall–Kier alpha value is -6.38. The predicted molar refractivity (Wildman–Crippen MR) is 228 cm³/mol. The standard InChI is InChI=1S/C52H41NO/c1-3-18-36(19-4-1)39-24-7-11-31-46(39)53(48-33-13-9-26-42(48)44-30-17-35-50-52(44)45-27-10-14-34-49(45)54-50)47-32-12-8-25-41(47)43-29-16-23-38-22-15-28-40(51(38)43)37-20-5-2-6-21-37/h1,3-4,7-19,22-35,37H,2,5-6,20-21H2. The summed E-state index contributed by atoms with van der Waals surface area (Å²) in [6.07, 6.45) is 6.47. The molecule has 0 bridgehead atoms. The Morgan fingerprint density at radius 1 is 0.389 bits per heavy atom. The molecular formula is C52H41NO. The molecule has 1 aliphatic carbocycles. The second-order valence-electron chi connectivity index (χ2n) is 14.6. The highest BCUT2D eigenvalue weighted by Crippen LogP contribution is 2.50. The lowest BCUT2D eigenvalue weighted by atomic mass is 9.80. The summed E-state index contributed by atoms with van der Waals surface area (Å²) < 4.78 is 6.43. The minimum Gasteiger partial charge on any atom is -0.456 e. The molecule has 0 unspecified atom stereocenters. The summed E-state index contributed by atoms with van der Waals surface area (Å²) in [7, 11) is 0. The van der Waals surface area contributed by atoms with Gasteiger partial charge in [-0.3, -0.25) is 0 Å². The highest BCUT2D eigenvalue weighted by Gasteiger charge is 2.26. The van der Waals surface area contributed by atoms with E-state index in [1.807, 2.05) is 6.07 Å². The van der Waals surface area contributed by atoms with Crippen LogP contribution in [0.3, 0.4) is 0 Å². The maximum absolute atomic E-state index is 6.43. The summed E-state index contributed by atoms with van der Waals surface area (Å²) in [5, 5.41) is 4.95. The minimum atomic E-state index is 0.580. The van der Waals surface area contributed by atoms with Crippen LogP contribution in [0, 0.1) is 0 Å². The Morgan fingerprint density at radius 3 is 1.63 bits per heavy atom. The highest BCUT2D eigenvalue weighted by molar-refractivity contribution is 6.14. The van der Waals surface area contributed by atoms with Crippen LogP contribution in [0.2, 0.25) is 0 Å². The predicted octanol–water partition coefficient (Wildman–Crippen LogP) is 15.3. The van der Waals surface area contributed by atoms with Crippen molar-refractivity contribution in [2.75, 3.05) is 4.90 Å². The molecule has 2 nitrogen and oxygen atoms in total. The van der Waals surface area contributed by atoms with Gasteiger partial charge in [0.05, 0.1) is 17.1 Å². The van der Waals surface area contributed by atoms with Crippen molar-refractivity contribution < 1.29 is 4.42 Å². The van der Waals surface area contributed by atoms with E-state index >= 15 is 0 Å². The lowest BCUT2D eigenvalue weighted by Gasteiger charge is -2.32. The van der Waals surface area contributed by atoms with E-state index in [0.29, 0.717) is 5.92 Å². The van der Waals surface area contributed by atoms with Gasteiger partial charge in [0.15, 0.2) is 0 Å². The molecule has 0 spiro atoms. The topological polar surface area (TPSA) is 16.4 Å². The van der Waals surface area contributed by atoms with Gasteiger partial charge in [-0.05, 0) is 82.1 Å². The van der Waals surface area contributed by atoms with Gasteiger partial charge in [-0.25, -0.2) is 0 Å². The number of fused-ring (bicyclic) bond motifs is 4. The second-order valence-corrected chi connectivity index (χ2v) is 14.6. The number of furan rings is 1. The van der Waals surface area contributed by atoms with Gasteiger partial charge in [-0.15, -0.1) is 0 Å².